The Bertz CT molecular complexity index is 467. The number of thiocarbonyl (C=S) groups is 1. The highest BCUT2D eigenvalue weighted by Gasteiger charge is 2.21. The van der Waals surface area contributed by atoms with Crippen LogP contribution in [0.2, 0.25) is 0 Å². The molecule has 19 heavy (non-hydrogen) atoms. The van der Waals surface area contributed by atoms with Gasteiger partial charge in [0.05, 0.1) is 0 Å². The predicted octanol–water partition coefficient (Wildman–Crippen LogP) is 3.39. The van der Waals surface area contributed by atoms with E-state index in [0.717, 1.165) is 36.9 Å². The number of nitrogens with one attached hydrogen (secondary N) is 2. The molecule has 0 bridgehead atoms. The van der Waals surface area contributed by atoms with Gasteiger partial charge in [-0.3, -0.25) is 4.79 Å². The van der Waals surface area contributed by atoms with Gasteiger partial charge in [0.1, 0.15) is 0 Å². The minimum absolute atomic E-state index is 0.0600. The third-order valence-corrected chi connectivity index (χ3v) is 3.69. The van der Waals surface area contributed by atoms with Crippen molar-refractivity contribution >= 4 is 28.9 Å². The Morgan fingerprint density at radius 1 is 1.26 bits per heavy atom. The van der Waals surface area contributed by atoms with Crippen LogP contribution in [0.5, 0.6) is 0 Å². The Balaban J connectivity index is 1.85. The van der Waals surface area contributed by atoms with E-state index in [1.165, 1.54) is 6.42 Å². The summed E-state index contributed by atoms with van der Waals surface area (Å²) in [4.78, 5) is 12.0. The topological polar surface area (TPSA) is 41.1 Å². The second-order valence-corrected chi connectivity index (χ2v) is 5.56. The molecule has 102 valence electrons. The zero-order valence-electron chi connectivity index (χ0n) is 11.2. The lowest BCUT2D eigenvalue weighted by Crippen LogP contribution is -2.38. The van der Waals surface area contributed by atoms with Crippen LogP contribution in [0.25, 0.3) is 0 Å². The van der Waals surface area contributed by atoms with Gasteiger partial charge in [-0.25, -0.2) is 0 Å². The van der Waals surface area contributed by atoms with Crippen LogP contribution in [0, 0.1) is 12.8 Å². The normalized spacial score (nSPS) is 15.8. The molecule has 0 atom stereocenters. The molecule has 1 fully saturated rings. The first kappa shape index (κ1) is 14.0. The molecule has 0 heterocycles. The van der Waals surface area contributed by atoms with Gasteiger partial charge in [-0.2, -0.15) is 0 Å². The first-order chi connectivity index (χ1) is 9.15. The number of carbonyl (C=O) groups is 1. The molecular formula is C15H20N2OS. The van der Waals surface area contributed by atoms with E-state index in [9.17, 15) is 4.79 Å². The summed E-state index contributed by atoms with van der Waals surface area (Å²) < 4.78 is 0. The van der Waals surface area contributed by atoms with Gasteiger partial charge in [0.15, 0.2) is 5.11 Å². The van der Waals surface area contributed by atoms with E-state index >= 15 is 0 Å². The van der Waals surface area contributed by atoms with Crippen molar-refractivity contribution in [3.8, 4) is 0 Å². The lowest BCUT2D eigenvalue weighted by Gasteiger charge is -2.21. The van der Waals surface area contributed by atoms with Crippen molar-refractivity contribution < 1.29 is 4.79 Å². The summed E-state index contributed by atoms with van der Waals surface area (Å²) in [7, 11) is 0. The number of carbonyl (C=O) groups excluding carboxylic acids is 1. The Kier molecular flexibility index (Phi) is 4.91. The summed E-state index contributed by atoms with van der Waals surface area (Å²) in [5.74, 6) is 0.191. The molecule has 1 aromatic carbocycles. The van der Waals surface area contributed by atoms with Gasteiger partial charge < -0.3 is 10.6 Å². The molecule has 0 aliphatic heterocycles. The summed E-state index contributed by atoms with van der Waals surface area (Å²) in [6.07, 6.45) is 5.51. The second-order valence-electron chi connectivity index (χ2n) is 5.15. The van der Waals surface area contributed by atoms with Gasteiger partial charge in [0, 0.05) is 11.6 Å². The lowest BCUT2D eigenvalue weighted by atomic mass is 9.89. The number of hydrogen-bond acceptors (Lipinski definition) is 2. The van der Waals surface area contributed by atoms with Gasteiger partial charge >= 0.3 is 0 Å². The summed E-state index contributed by atoms with van der Waals surface area (Å²) in [5, 5.41) is 6.24. The quantitative estimate of drug-likeness (QED) is 0.814. The minimum atomic E-state index is 0.0600. The highest BCUT2D eigenvalue weighted by molar-refractivity contribution is 7.80. The SMILES string of the molecule is Cc1cccc(NC(=S)NC(=O)C2CCCCC2)c1. The van der Waals surface area contributed by atoms with Crippen LogP contribution in [-0.2, 0) is 4.79 Å². The number of rotatable bonds is 2. The van der Waals surface area contributed by atoms with Crippen molar-refractivity contribution in [3.63, 3.8) is 0 Å². The molecule has 0 saturated heterocycles. The van der Waals surface area contributed by atoms with Crippen LogP contribution in [0.3, 0.4) is 0 Å². The Labute approximate surface area is 119 Å². The lowest BCUT2D eigenvalue weighted by molar-refractivity contribution is -0.124. The van der Waals surface area contributed by atoms with Gasteiger partial charge in [-0.15, -0.1) is 0 Å². The minimum Gasteiger partial charge on any atom is -0.332 e. The molecule has 3 nitrogen and oxygen atoms in total. The van der Waals surface area contributed by atoms with Crippen LogP contribution in [0.1, 0.15) is 37.7 Å². The van der Waals surface area contributed by atoms with Crippen LogP contribution in [-0.4, -0.2) is 11.0 Å². The molecule has 0 spiro atoms. The van der Waals surface area contributed by atoms with E-state index in [2.05, 4.69) is 10.6 Å². The molecule has 0 aromatic heterocycles. The summed E-state index contributed by atoms with van der Waals surface area (Å²) >= 11 is 5.18. The van der Waals surface area contributed by atoms with Gasteiger partial charge in [-0.05, 0) is 49.7 Å². The highest BCUT2D eigenvalue weighted by Crippen LogP contribution is 2.23. The number of benzene rings is 1. The van der Waals surface area contributed by atoms with Crippen molar-refractivity contribution in [1.82, 2.24) is 5.32 Å². The maximum Gasteiger partial charge on any atom is 0.229 e. The van der Waals surface area contributed by atoms with E-state index < -0.39 is 0 Å². The fourth-order valence-corrected chi connectivity index (χ4v) is 2.68. The Morgan fingerprint density at radius 2 is 2.00 bits per heavy atom. The van der Waals surface area contributed by atoms with Crippen LogP contribution < -0.4 is 10.6 Å². The van der Waals surface area contributed by atoms with Gasteiger partial charge in [0.25, 0.3) is 0 Å². The first-order valence-electron chi connectivity index (χ1n) is 6.83. The van der Waals surface area contributed by atoms with Gasteiger partial charge in [0.2, 0.25) is 5.91 Å². The monoisotopic (exact) mass is 276 g/mol. The third kappa shape index (κ3) is 4.31. The third-order valence-electron chi connectivity index (χ3n) is 3.49. The molecular weight excluding hydrogens is 256 g/mol. The van der Waals surface area contributed by atoms with Crippen molar-refractivity contribution in [2.45, 2.75) is 39.0 Å². The molecule has 0 unspecified atom stereocenters. The fraction of sp³-hybridized carbons (Fsp3) is 0.467. The summed E-state index contributed by atoms with van der Waals surface area (Å²) in [6, 6.07) is 7.92. The molecule has 2 rings (SSSR count). The molecule has 1 saturated carbocycles. The Hall–Kier alpha value is -1.42. The van der Waals surface area contributed by atoms with E-state index in [-0.39, 0.29) is 11.8 Å². The average Bonchev–Trinajstić information content (AvgIpc) is 2.39. The van der Waals surface area contributed by atoms with Crippen molar-refractivity contribution in [2.75, 3.05) is 5.32 Å². The zero-order chi connectivity index (χ0) is 13.7. The second kappa shape index (κ2) is 6.66. The van der Waals surface area contributed by atoms with E-state index in [4.69, 9.17) is 12.2 Å². The molecule has 1 aromatic rings. The first-order valence-corrected chi connectivity index (χ1v) is 7.24. The highest BCUT2D eigenvalue weighted by atomic mass is 32.1. The molecule has 0 radical (unpaired) electrons. The van der Waals surface area contributed by atoms with E-state index in [1.807, 2.05) is 31.2 Å². The number of amides is 1. The molecule has 4 heteroatoms. The van der Waals surface area contributed by atoms with Crippen LogP contribution in [0.4, 0.5) is 5.69 Å². The molecule has 1 amide bonds. The molecule has 1 aliphatic rings. The van der Waals surface area contributed by atoms with Crippen LogP contribution in [0.15, 0.2) is 24.3 Å². The maximum absolute atomic E-state index is 12.0. The number of aryl methyl sites for hydroxylation is 1. The number of anilines is 1. The predicted molar refractivity (Wildman–Crippen MR) is 82.1 cm³/mol. The van der Waals surface area contributed by atoms with Crippen LogP contribution >= 0.6 is 12.2 Å². The number of hydrogen-bond donors (Lipinski definition) is 2. The van der Waals surface area contributed by atoms with Crippen molar-refractivity contribution in [3.05, 3.63) is 29.8 Å². The smallest absolute Gasteiger partial charge is 0.229 e. The maximum atomic E-state index is 12.0. The average molecular weight is 276 g/mol. The van der Waals surface area contributed by atoms with E-state index in [1.54, 1.807) is 0 Å². The van der Waals surface area contributed by atoms with E-state index in [0.29, 0.717) is 5.11 Å². The largest absolute Gasteiger partial charge is 0.332 e. The summed E-state index contributed by atoms with van der Waals surface area (Å²) in [6.45, 7) is 2.02. The zero-order valence-corrected chi connectivity index (χ0v) is 12.1. The van der Waals surface area contributed by atoms with Crippen molar-refractivity contribution in [1.29, 1.82) is 0 Å². The molecule has 1 aliphatic carbocycles. The van der Waals surface area contributed by atoms with Crippen molar-refractivity contribution in [2.24, 2.45) is 5.92 Å². The molecule has 2 N–H and O–H groups in total. The fourth-order valence-electron chi connectivity index (χ4n) is 2.46. The Morgan fingerprint density at radius 3 is 2.68 bits per heavy atom. The standard InChI is InChI=1S/C15H20N2OS/c1-11-6-5-9-13(10-11)16-15(19)17-14(18)12-7-3-2-4-8-12/h5-6,9-10,12H,2-4,7-8H2,1H3,(H2,16,17,18,19). The van der Waals surface area contributed by atoms with Gasteiger partial charge in [-0.1, -0.05) is 31.4 Å². The summed E-state index contributed by atoms with van der Waals surface area (Å²) in [5.41, 5.74) is 2.07.